The molecule has 0 aromatic heterocycles. The van der Waals surface area contributed by atoms with Gasteiger partial charge in [0.1, 0.15) is 0 Å². The van der Waals surface area contributed by atoms with Gasteiger partial charge in [-0.15, -0.1) is 0 Å². The van der Waals surface area contributed by atoms with Crippen molar-refractivity contribution < 1.29 is 19.5 Å². The molecule has 0 aliphatic carbocycles. The normalized spacial score (nSPS) is 11.6. The van der Waals surface area contributed by atoms with Crippen LogP contribution in [0, 0.1) is 5.92 Å². The van der Waals surface area contributed by atoms with Gasteiger partial charge >= 0.3 is 12.0 Å². The first-order valence-electron chi connectivity index (χ1n) is 6.05. The molecular formula is C13H14Br2N2O4. The Morgan fingerprint density at radius 2 is 1.90 bits per heavy atom. The second kappa shape index (κ2) is 8.14. The zero-order chi connectivity index (χ0) is 16.0. The highest BCUT2D eigenvalue weighted by Gasteiger charge is 2.15. The lowest BCUT2D eigenvalue weighted by atomic mass is 10.0. The minimum Gasteiger partial charge on any atom is -0.481 e. The number of nitrogens with one attached hydrogen (secondary N) is 2. The summed E-state index contributed by atoms with van der Waals surface area (Å²) < 4.78 is 1.51. The van der Waals surface area contributed by atoms with Gasteiger partial charge in [-0.1, -0.05) is 22.9 Å². The molecule has 3 amide bonds. The van der Waals surface area contributed by atoms with Crippen molar-refractivity contribution in [3.8, 4) is 0 Å². The molecule has 0 radical (unpaired) electrons. The van der Waals surface area contributed by atoms with Crippen LogP contribution in [0.25, 0.3) is 0 Å². The van der Waals surface area contributed by atoms with Crippen LogP contribution in [0.1, 0.15) is 19.8 Å². The van der Waals surface area contributed by atoms with E-state index in [1.165, 1.54) is 0 Å². The van der Waals surface area contributed by atoms with Gasteiger partial charge in [0.2, 0.25) is 5.91 Å². The Hall–Kier alpha value is -1.41. The van der Waals surface area contributed by atoms with Gasteiger partial charge in [0.15, 0.2) is 0 Å². The van der Waals surface area contributed by atoms with Crippen molar-refractivity contribution in [3.05, 3.63) is 27.1 Å². The quantitative estimate of drug-likeness (QED) is 0.679. The first-order valence-corrected chi connectivity index (χ1v) is 7.64. The fourth-order valence-electron chi connectivity index (χ4n) is 1.61. The van der Waals surface area contributed by atoms with E-state index in [2.05, 4.69) is 42.5 Å². The molecule has 1 aromatic rings. The Morgan fingerprint density at radius 1 is 1.24 bits per heavy atom. The van der Waals surface area contributed by atoms with Crippen LogP contribution in [0.15, 0.2) is 27.1 Å². The third-order valence-electron chi connectivity index (χ3n) is 2.49. The van der Waals surface area contributed by atoms with Crippen molar-refractivity contribution in [3.63, 3.8) is 0 Å². The maximum Gasteiger partial charge on any atom is 0.325 e. The summed E-state index contributed by atoms with van der Waals surface area (Å²) in [5.41, 5.74) is 0.516. The molecule has 0 saturated heterocycles. The highest BCUT2D eigenvalue weighted by atomic mass is 79.9. The van der Waals surface area contributed by atoms with Crippen molar-refractivity contribution in [2.24, 2.45) is 5.92 Å². The van der Waals surface area contributed by atoms with Crippen LogP contribution in [0.5, 0.6) is 0 Å². The van der Waals surface area contributed by atoms with Crippen LogP contribution in [-0.2, 0) is 9.59 Å². The Labute approximate surface area is 138 Å². The average Bonchev–Trinajstić information content (AvgIpc) is 2.31. The SMILES string of the molecule is CC(CC(=O)O)CC(=O)NC(=O)Nc1ccc(Br)cc1Br. The third-order valence-corrected chi connectivity index (χ3v) is 3.64. The Balaban J connectivity index is 2.49. The molecule has 21 heavy (non-hydrogen) atoms. The van der Waals surface area contributed by atoms with E-state index in [0.717, 1.165) is 4.47 Å². The van der Waals surface area contributed by atoms with Crippen LogP contribution >= 0.6 is 31.9 Å². The molecule has 1 unspecified atom stereocenters. The van der Waals surface area contributed by atoms with Gasteiger partial charge in [0.05, 0.1) is 5.69 Å². The summed E-state index contributed by atoms with van der Waals surface area (Å²) in [6, 6.07) is 4.51. The minimum absolute atomic E-state index is 0.0266. The zero-order valence-corrected chi connectivity index (χ0v) is 14.3. The van der Waals surface area contributed by atoms with Crippen LogP contribution in [-0.4, -0.2) is 23.0 Å². The lowest BCUT2D eigenvalue weighted by Gasteiger charge is -2.10. The predicted molar refractivity (Wildman–Crippen MR) is 85.0 cm³/mol. The highest BCUT2D eigenvalue weighted by molar-refractivity contribution is 9.11. The lowest BCUT2D eigenvalue weighted by molar-refractivity contribution is -0.138. The number of urea groups is 1. The fraction of sp³-hybridized carbons (Fsp3) is 0.308. The number of halogens is 2. The standard InChI is InChI=1S/C13H14Br2N2O4/c1-7(5-12(19)20)4-11(18)17-13(21)16-10-3-2-8(14)6-9(10)15/h2-3,6-7H,4-5H2,1H3,(H,19,20)(H2,16,17,18,21). The number of benzene rings is 1. The lowest BCUT2D eigenvalue weighted by Crippen LogP contribution is -2.35. The first kappa shape index (κ1) is 17.6. The van der Waals surface area contributed by atoms with Gasteiger partial charge in [-0.05, 0) is 40.0 Å². The van der Waals surface area contributed by atoms with Gasteiger partial charge in [0.25, 0.3) is 0 Å². The van der Waals surface area contributed by atoms with E-state index in [9.17, 15) is 14.4 Å². The predicted octanol–water partition coefficient (Wildman–Crippen LogP) is 3.36. The molecule has 6 nitrogen and oxygen atoms in total. The maximum absolute atomic E-state index is 11.7. The van der Waals surface area contributed by atoms with E-state index < -0.39 is 17.9 Å². The molecule has 0 aliphatic heterocycles. The monoisotopic (exact) mass is 420 g/mol. The van der Waals surface area contributed by atoms with Crippen molar-refractivity contribution in [1.82, 2.24) is 5.32 Å². The summed E-state index contributed by atoms with van der Waals surface area (Å²) in [6.07, 6.45) is -0.144. The number of amides is 3. The Morgan fingerprint density at radius 3 is 2.48 bits per heavy atom. The Kier molecular flexibility index (Phi) is 6.83. The summed E-state index contributed by atoms with van der Waals surface area (Å²) >= 11 is 6.58. The van der Waals surface area contributed by atoms with Gasteiger partial charge in [0, 0.05) is 21.8 Å². The number of imide groups is 1. The summed E-state index contributed by atoms with van der Waals surface area (Å²) in [6.45, 7) is 1.64. The topological polar surface area (TPSA) is 95.5 Å². The third kappa shape index (κ3) is 6.72. The molecule has 1 aromatic carbocycles. The van der Waals surface area contributed by atoms with Crippen molar-refractivity contribution in [2.75, 3.05) is 5.32 Å². The van der Waals surface area contributed by atoms with Crippen molar-refractivity contribution in [2.45, 2.75) is 19.8 Å². The fourth-order valence-corrected chi connectivity index (χ4v) is 2.76. The summed E-state index contributed by atoms with van der Waals surface area (Å²) in [4.78, 5) is 33.8. The largest absolute Gasteiger partial charge is 0.481 e. The molecule has 0 fully saturated rings. The molecule has 8 heteroatoms. The van der Waals surface area contributed by atoms with Gasteiger partial charge in [-0.25, -0.2) is 4.79 Å². The number of carboxylic acids is 1. The second-order valence-corrected chi connectivity index (χ2v) is 6.30. The van der Waals surface area contributed by atoms with Gasteiger partial charge < -0.3 is 10.4 Å². The van der Waals surface area contributed by atoms with E-state index in [0.29, 0.717) is 10.2 Å². The van der Waals surface area contributed by atoms with Crippen molar-refractivity contribution in [1.29, 1.82) is 0 Å². The summed E-state index contributed by atoms with van der Waals surface area (Å²) in [5, 5.41) is 13.3. The number of rotatable bonds is 5. The molecule has 0 saturated carbocycles. The molecule has 0 aliphatic rings. The number of carbonyl (C=O) groups excluding carboxylic acids is 2. The van der Waals surface area contributed by atoms with Crippen LogP contribution in [0.2, 0.25) is 0 Å². The number of hydrogen-bond acceptors (Lipinski definition) is 3. The van der Waals surface area contributed by atoms with Gasteiger partial charge in [-0.3, -0.25) is 14.9 Å². The number of anilines is 1. The molecule has 1 rings (SSSR count). The number of aliphatic carboxylic acids is 1. The molecule has 1 atom stereocenters. The number of carbonyl (C=O) groups is 3. The zero-order valence-electron chi connectivity index (χ0n) is 11.2. The van der Waals surface area contributed by atoms with E-state index in [1.54, 1.807) is 25.1 Å². The molecule has 0 heterocycles. The number of carboxylic acid groups (broad SMARTS) is 1. The number of hydrogen-bond donors (Lipinski definition) is 3. The van der Waals surface area contributed by atoms with E-state index in [-0.39, 0.29) is 18.8 Å². The van der Waals surface area contributed by atoms with E-state index >= 15 is 0 Å². The van der Waals surface area contributed by atoms with Crippen LogP contribution in [0.4, 0.5) is 10.5 Å². The maximum atomic E-state index is 11.7. The Bertz CT molecular complexity index is 563. The molecular weight excluding hydrogens is 408 g/mol. The highest BCUT2D eigenvalue weighted by Crippen LogP contribution is 2.25. The minimum atomic E-state index is -0.974. The summed E-state index contributed by atoms with van der Waals surface area (Å²) in [5.74, 6) is -1.83. The first-order chi connectivity index (χ1) is 9.77. The summed E-state index contributed by atoms with van der Waals surface area (Å²) in [7, 11) is 0. The molecule has 3 N–H and O–H groups in total. The molecule has 0 bridgehead atoms. The van der Waals surface area contributed by atoms with Crippen LogP contribution < -0.4 is 10.6 Å². The van der Waals surface area contributed by atoms with Crippen molar-refractivity contribution >= 4 is 55.5 Å². The van der Waals surface area contributed by atoms with E-state index in [4.69, 9.17) is 5.11 Å². The molecule has 114 valence electrons. The smallest absolute Gasteiger partial charge is 0.325 e. The van der Waals surface area contributed by atoms with Gasteiger partial charge in [-0.2, -0.15) is 0 Å². The van der Waals surface area contributed by atoms with Crippen LogP contribution in [0.3, 0.4) is 0 Å². The average molecular weight is 422 g/mol. The van der Waals surface area contributed by atoms with E-state index in [1.807, 2.05) is 0 Å². The second-order valence-electron chi connectivity index (χ2n) is 4.53. The molecule has 0 spiro atoms.